The predicted octanol–water partition coefficient (Wildman–Crippen LogP) is 5.44. The van der Waals surface area contributed by atoms with Crippen molar-refractivity contribution in [2.24, 2.45) is 11.8 Å². The number of ether oxygens (including phenoxy) is 2. The summed E-state index contributed by atoms with van der Waals surface area (Å²) >= 11 is 0. The van der Waals surface area contributed by atoms with Gasteiger partial charge in [0.2, 0.25) is 5.91 Å². The Bertz CT molecular complexity index is 1200. The van der Waals surface area contributed by atoms with Gasteiger partial charge in [0.25, 0.3) is 0 Å². The molecule has 1 saturated carbocycles. The normalized spacial score (nSPS) is 18.3. The number of methoxy groups -OCH3 is 1. The SMILES string of the molecule is COc1cc(NC(=O)C2CCC(n3c(=O)[nH]c4c(OCCC(C)C)cccc43)CC2)ccc1C. The standard InChI is InChI=1S/C27H35N3O4/c1-17(2)14-15-34-23-7-5-6-22-25(23)29-27(32)30(22)21-12-9-19(10-13-21)26(31)28-20-11-8-18(3)24(16-20)33-4/h5-8,11,16-17,19,21H,9-10,12-15H2,1-4H3,(H,28,31)(H,29,32). The second-order valence-corrected chi connectivity index (χ2v) is 9.66. The van der Waals surface area contributed by atoms with E-state index in [1.807, 2.05) is 47.9 Å². The van der Waals surface area contributed by atoms with Gasteiger partial charge in [0.15, 0.2) is 0 Å². The maximum absolute atomic E-state index is 12.9. The molecule has 2 aromatic carbocycles. The average Bonchev–Trinajstić information content (AvgIpc) is 3.16. The number of hydrogen-bond acceptors (Lipinski definition) is 4. The van der Waals surface area contributed by atoms with Gasteiger partial charge in [-0.3, -0.25) is 9.36 Å². The van der Waals surface area contributed by atoms with E-state index in [0.29, 0.717) is 12.5 Å². The van der Waals surface area contributed by atoms with Crippen LogP contribution < -0.4 is 20.5 Å². The molecule has 182 valence electrons. The second-order valence-electron chi connectivity index (χ2n) is 9.66. The highest BCUT2D eigenvalue weighted by atomic mass is 16.5. The molecule has 0 unspecified atom stereocenters. The lowest BCUT2D eigenvalue weighted by Gasteiger charge is -2.28. The van der Waals surface area contributed by atoms with Gasteiger partial charge in [0, 0.05) is 23.7 Å². The molecule has 1 aliphatic carbocycles. The van der Waals surface area contributed by atoms with Crippen LogP contribution in [0.3, 0.4) is 0 Å². The van der Waals surface area contributed by atoms with E-state index in [-0.39, 0.29) is 23.6 Å². The van der Waals surface area contributed by atoms with Crippen molar-refractivity contribution < 1.29 is 14.3 Å². The summed E-state index contributed by atoms with van der Waals surface area (Å²) in [6.45, 7) is 6.92. The summed E-state index contributed by atoms with van der Waals surface area (Å²) in [6.07, 6.45) is 4.00. The Hall–Kier alpha value is -3.22. The number of amides is 1. The molecule has 3 aromatic rings. The zero-order chi connectivity index (χ0) is 24.2. The lowest BCUT2D eigenvalue weighted by molar-refractivity contribution is -0.121. The number of carbonyl (C=O) groups is 1. The van der Waals surface area contributed by atoms with Gasteiger partial charge in [-0.05, 0) is 68.7 Å². The zero-order valence-electron chi connectivity index (χ0n) is 20.5. The largest absolute Gasteiger partial charge is 0.496 e. The Labute approximate surface area is 200 Å². The van der Waals surface area contributed by atoms with Crippen LogP contribution in [-0.4, -0.2) is 29.2 Å². The number of aromatic nitrogens is 2. The van der Waals surface area contributed by atoms with Crippen LogP contribution in [-0.2, 0) is 4.79 Å². The highest BCUT2D eigenvalue weighted by Gasteiger charge is 2.29. The first-order chi connectivity index (χ1) is 16.4. The van der Waals surface area contributed by atoms with Crippen molar-refractivity contribution in [1.82, 2.24) is 9.55 Å². The summed E-state index contributed by atoms with van der Waals surface area (Å²) in [7, 11) is 1.63. The lowest BCUT2D eigenvalue weighted by atomic mass is 9.85. The fourth-order valence-electron chi connectivity index (χ4n) is 4.75. The Morgan fingerprint density at radius 2 is 1.91 bits per heavy atom. The van der Waals surface area contributed by atoms with Crippen LogP contribution in [0.4, 0.5) is 5.69 Å². The number of fused-ring (bicyclic) bond motifs is 1. The highest BCUT2D eigenvalue weighted by molar-refractivity contribution is 5.92. The van der Waals surface area contributed by atoms with Crippen LogP contribution in [0.15, 0.2) is 41.2 Å². The summed E-state index contributed by atoms with van der Waals surface area (Å²) in [5.74, 6) is 1.99. The molecule has 0 aliphatic heterocycles. The first kappa shape index (κ1) is 23.9. The van der Waals surface area contributed by atoms with Crippen LogP contribution in [0.25, 0.3) is 11.0 Å². The van der Waals surface area contributed by atoms with Gasteiger partial charge in [0.1, 0.15) is 17.0 Å². The van der Waals surface area contributed by atoms with E-state index in [0.717, 1.165) is 65.9 Å². The topological polar surface area (TPSA) is 85.4 Å². The van der Waals surface area contributed by atoms with Crippen molar-refractivity contribution in [3.63, 3.8) is 0 Å². The summed E-state index contributed by atoms with van der Waals surface area (Å²) in [5.41, 5.74) is 3.27. The molecular weight excluding hydrogens is 430 g/mol. The van der Waals surface area contributed by atoms with Gasteiger partial charge in [-0.1, -0.05) is 26.0 Å². The monoisotopic (exact) mass is 465 g/mol. The number of anilines is 1. The second kappa shape index (κ2) is 10.4. The number of rotatable bonds is 8. The third-order valence-corrected chi connectivity index (χ3v) is 6.78. The number of benzene rings is 2. The van der Waals surface area contributed by atoms with Gasteiger partial charge in [-0.15, -0.1) is 0 Å². The fraction of sp³-hybridized carbons (Fsp3) is 0.481. The number of nitrogens with zero attached hydrogens (tertiary/aromatic N) is 1. The van der Waals surface area contributed by atoms with Crippen molar-refractivity contribution in [2.75, 3.05) is 19.0 Å². The van der Waals surface area contributed by atoms with Gasteiger partial charge in [0.05, 0.1) is 19.2 Å². The van der Waals surface area contributed by atoms with Crippen molar-refractivity contribution in [2.45, 2.75) is 58.9 Å². The maximum atomic E-state index is 12.9. The van der Waals surface area contributed by atoms with Crippen LogP contribution in [0, 0.1) is 18.8 Å². The predicted molar refractivity (Wildman–Crippen MR) is 135 cm³/mol. The van der Waals surface area contributed by atoms with Crippen LogP contribution in [0.2, 0.25) is 0 Å². The molecule has 1 aliphatic rings. The van der Waals surface area contributed by atoms with E-state index in [1.54, 1.807) is 7.11 Å². The molecule has 2 N–H and O–H groups in total. The van der Waals surface area contributed by atoms with E-state index < -0.39 is 0 Å². The number of para-hydroxylation sites is 1. The Kier molecular flexibility index (Phi) is 7.29. The molecule has 7 heteroatoms. The van der Waals surface area contributed by atoms with Crippen molar-refractivity contribution in [3.05, 3.63) is 52.4 Å². The number of nitrogens with one attached hydrogen (secondary N) is 2. The first-order valence-electron chi connectivity index (χ1n) is 12.2. The van der Waals surface area contributed by atoms with Gasteiger partial charge in [-0.2, -0.15) is 0 Å². The van der Waals surface area contributed by atoms with E-state index in [9.17, 15) is 9.59 Å². The minimum absolute atomic E-state index is 0.0245. The molecule has 1 fully saturated rings. The molecule has 0 atom stereocenters. The molecule has 0 spiro atoms. The Morgan fingerprint density at radius 3 is 2.62 bits per heavy atom. The van der Waals surface area contributed by atoms with Gasteiger partial charge >= 0.3 is 5.69 Å². The molecule has 34 heavy (non-hydrogen) atoms. The lowest BCUT2D eigenvalue weighted by Crippen LogP contribution is -2.31. The number of aryl methyl sites for hydroxylation is 1. The number of aromatic amines is 1. The van der Waals surface area contributed by atoms with Gasteiger partial charge < -0.3 is 19.8 Å². The molecule has 0 bridgehead atoms. The summed E-state index contributed by atoms with van der Waals surface area (Å²) in [5, 5.41) is 3.03. The minimum Gasteiger partial charge on any atom is -0.496 e. The van der Waals surface area contributed by atoms with Crippen molar-refractivity contribution in [1.29, 1.82) is 0 Å². The van der Waals surface area contributed by atoms with Crippen LogP contribution in [0.1, 0.15) is 57.6 Å². The zero-order valence-corrected chi connectivity index (χ0v) is 20.5. The number of imidazole rings is 1. The average molecular weight is 466 g/mol. The quantitative estimate of drug-likeness (QED) is 0.464. The maximum Gasteiger partial charge on any atom is 0.326 e. The molecule has 0 radical (unpaired) electrons. The smallest absolute Gasteiger partial charge is 0.326 e. The molecule has 1 amide bonds. The van der Waals surface area contributed by atoms with Crippen LogP contribution >= 0.6 is 0 Å². The molecular formula is C27H35N3O4. The number of carbonyl (C=O) groups excluding carboxylic acids is 1. The molecule has 0 saturated heterocycles. The van der Waals surface area contributed by atoms with E-state index in [1.165, 1.54) is 0 Å². The molecule has 1 heterocycles. The van der Waals surface area contributed by atoms with Crippen molar-refractivity contribution >= 4 is 22.6 Å². The summed E-state index contributed by atoms with van der Waals surface area (Å²) < 4.78 is 13.2. The highest BCUT2D eigenvalue weighted by Crippen LogP contribution is 2.35. The number of hydrogen-bond donors (Lipinski definition) is 2. The summed E-state index contributed by atoms with van der Waals surface area (Å²) in [4.78, 5) is 28.8. The summed E-state index contributed by atoms with van der Waals surface area (Å²) in [6, 6.07) is 11.6. The Balaban J connectivity index is 1.43. The van der Waals surface area contributed by atoms with E-state index >= 15 is 0 Å². The van der Waals surface area contributed by atoms with Gasteiger partial charge in [-0.25, -0.2) is 4.79 Å². The van der Waals surface area contributed by atoms with Crippen LogP contribution in [0.5, 0.6) is 11.5 Å². The third kappa shape index (κ3) is 5.13. The van der Waals surface area contributed by atoms with Crippen molar-refractivity contribution in [3.8, 4) is 11.5 Å². The Morgan fingerprint density at radius 1 is 1.15 bits per heavy atom. The molecule has 7 nitrogen and oxygen atoms in total. The third-order valence-electron chi connectivity index (χ3n) is 6.78. The van der Waals surface area contributed by atoms with E-state index in [2.05, 4.69) is 24.1 Å². The fourth-order valence-corrected chi connectivity index (χ4v) is 4.75. The first-order valence-corrected chi connectivity index (χ1v) is 12.2. The van der Waals surface area contributed by atoms with E-state index in [4.69, 9.17) is 9.47 Å². The minimum atomic E-state index is -0.116. The number of H-pyrrole nitrogens is 1. The molecule has 4 rings (SSSR count). The molecule has 1 aromatic heterocycles.